The molecular formula is C15H21FO3. The van der Waals surface area contributed by atoms with Crippen molar-refractivity contribution in [3.8, 4) is 0 Å². The fourth-order valence-electron chi connectivity index (χ4n) is 2.24. The summed E-state index contributed by atoms with van der Waals surface area (Å²) in [6.45, 7) is 6.47. The number of carboxylic acids is 1. The molecule has 0 bridgehead atoms. The van der Waals surface area contributed by atoms with E-state index in [-0.39, 0.29) is 5.82 Å². The average molecular weight is 268 g/mol. The van der Waals surface area contributed by atoms with Crippen LogP contribution in [0.15, 0.2) is 18.2 Å². The number of aliphatic carboxylic acids is 1. The Kier molecular flexibility index (Phi) is 5.48. The molecule has 1 heterocycles. The average Bonchev–Trinajstić information content (AvgIpc) is 2.44. The highest BCUT2D eigenvalue weighted by atomic mass is 19.1. The minimum absolute atomic E-state index is 0.352. The first-order chi connectivity index (χ1) is 9.06. The minimum atomic E-state index is -0.993. The van der Waals surface area contributed by atoms with Crippen LogP contribution >= 0.6 is 0 Å². The number of carboxylic acid groups (broad SMARTS) is 1. The molecule has 1 aromatic carbocycles. The predicted octanol–water partition coefficient (Wildman–Crippen LogP) is 3.29. The maximum atomic E-state index is 13.5. The number of hydrogen-bond acceptors (Lipinski definition) is 2. The van der Waals surface area contributed by atoms with Crippen LogP contribution in [0, 0.1) is 12.7 Å². The molecule has 1 saturated heterocycles. The van der Waals surface area contributed by atoms with Gasteiger partial charge >= 0.3 is 5.97 Å². The molecule has 1 fully saturated rings. The largest absolute Gasteiger partial charge is 0.481 e. The van der Waals surface area contributed by atoms with E-state index in [1.165, 1.54) is 6.07 Å². The van der Waals surface area contributed by atoms with Crippen molar-refractivity contribution in [2.75, 3.05) is 13.2 Å². The molecule has 2 rings (SSSR count). The van der Waals surface area contributed by atoms with Crippen LogP contribution in [0.25, 0.3) is 0 Å². The quantitative estimate of drug-likeness (QED) is 0.895. The van der Waals surface area contributed by atoms with Gasteiger partial charge in [0, 0.05) is 13.2 Å². The summed E-state index contributed by atoms with van der Waals surface area (Å²) in [5.74, 6) is -1.25. The molecule has 0 unspecified atom stereocenters. The first-order valence-corrected chi connectivity index (χ1v) is 6.64. The number of ether oxygens (including phenoxy) is 1. The summed E-state index contributed by atoms with van der Waals surface area (Å²) >= 11 is 0. The van der Waals surface area contributed by atoms with Crippen LogP contribution in [0.2, 0.25) is 0 Å². The molecule has 0 aromatic heterocycles. The summed E-state index contributed by atoms with van der Waals surface area (Å²) in [4.78, 5) is 11.5. The van der Waals surface area contributed by atoms with E-state index in [0.717, 1.165) is 0 Å². The molecule has 1 aromatic rings. The molecule has 106 valence electrons. The van der Waals surface area contributed by atoms with Crippen molar-refractivity contribution >= 4 is 5.97 Å². The van der Waals surface area contributed by atoms with Gasteiger partial charge in [0.15, 0.2) is 0 Å². The van der Waals surface area contributed by atoms with Gasteiger partial charge in [0.2, 0.25) is 0 Å². The Labute approximate surface area is 113 Å². The predicted molar refractivity (Wildman–Crippen MR) is 71.9 cm³/mol. The van der Waals surface area contributed by atoms with Gasteiger partial charge in [-0.05, 0) is 37.0 Å². The van der Waals surface area contributed by atoms with Crippen molar-refractivity contribution < 1.29 is 19.0 Å². The second-order valence-corrected chi connectivity index (χ2v) is 4.46. The van der Waals surface area contributed by atoms with Crippen LogP contribution in [0.5, 0.6) is 0 Å². The topological polar surface area (TPSA) is 46.5 Å². The highest BCUT2D eigenvalue weighted by Crippen LogP contribution is 2.35. The van der Waals surface area contributed by atoms with Crippen LogP contribution in [-0.2, 0) is 14.9 Å². The monoisotopic (exact) mass is 268 g/mol. The van der Waals surface area contributed by atoms with Crippen molar-refractivity contribution in [1.29, 1.82) is 0 Å². The summed E-state index contributed by atoms with van der Waals surface area (Å²) in [5.41, 5.74) is 0.0741. The summed E-state index contributed by atoms with van der Waals surface area (Å²) < 4.78 is 18.7. The maximum Gasteiger partial charge on any atom is 0.314 e. The van der Waals surface area contributed by atoms with E-state index < -0.39 is 11.4 Å². The zero-order chi connectivity index (χ0) is 14.5. The number of aryl methyl sites for hydroxylation is 1. The zero-order valence-corrected chi connectivity index (χ0v) is 11.7. The Morgan fingerprint density at radius 1 is 1.32 bits per heavy atom. The molecule has 0 saturated carbocycles. The van der Waals surface area contributed by atoms with E-state index in [4.69, 9.17) is 4.74 Å². The smallest absolute Gasteiger partial charge is 0.314 e. The van der Waals surface area contributed by atoms with Crippen LogP contribution in [0.3, 0.4) is 0 Å². The number of hydrogen-bond donors (Lipinski definition) is 1. The molecule has 4 heteroatoms. The van der Waals surface area contributed by atoms with Crippen molar-refractivity contribution in [3.63, 3.8) is 0 Å². The number of carbonyl (C=O) groups is 1. The Hall–Kier alpha value is -1.42. The van der Waals surface area contributed by atoms with E-state index in [1.807, 2.05) is 13.8 Å². The minimum Gasteiger partial charge on any atom is -0.481 e. The van der Waals surface area contributed by atoms with E-state index in [0.29, 0.717) is 37.2 Å². The van der Waals surface area contributed by atoms with Crippen molar-refractivity contribution in [1.82, 2.24) is 0 Å². The first-order valence-electron chi connectivity index (χ1n) is 6.64. The third-order valence-electron chi connectivity index (χ3n) is 3.48. The van der Waals surface area contributed by atoms with Crippen molar-refractivity contribution in [3.05, 3.63) is 35.1 Å². The standard InChI is InChI=1S/C13H15FO3.C2H6/c1-9-2-3-10(8-11(9)14)13(12(15)16)4-6-17-7-5-13;1-2/h2-3,8H,4-7H2,1H3,(H,15,16);1-2H3. The lowest BCUT2D eigenvalue weighted by Crippen LogP contribution is -2.41. The normalized spacial score (nSPS) is 17.3. The molecule has 1 aliphatic heterocycles. The Bertz CT molecular complexity index is 437. The summed E-state index contributed by atoms with van der Waals surface area (Å²) in [7, 11) is 0. The van der Waals surface area contributed by atoms with Crippen LogP contribution < -0.4 is 0 Å². The number of halogens is 1. The van der Waals surface area contributed by atoms with Crippen LogP contribution in [-0.4, -0.2) is 24.3 Å². The number of rotatable bonds is 2. The van der Waals surface area contributed by atoms with Gasteiger partial charge in [0.25, 0.3) is 0 Å². The molecule has 1 N–H and O–H groups in total. The maximum absolute atomic E-state index is 13.5. The molecule has 0 atom stereocenters. The SMILES string of the molecule is CC.Cc1ccc(C2(C(=O)O)CCOCC2)cc1F. The van der Waals surface area contributed by atoms with Crippen LogP contribution in [0.4, 0.5) is 4.39 Å². The van der Waals surface area contributed by atoms with Gasteiger partial charge in [0.1, 0.15) is 5.82 Å². The van der Waals surface area contributed by atoms with Crippen LogP contribution in [0.1, 0.15) is 37.8 Å². The highest BCUT2D eigenvalue weighted by molar-refractivity contribution is 5.81. The lowest BCUT2D eigenvalue weighted by molar-refractivity contribution is -0.147. The van der Waals surface area contributed by atoms with E-state index >= 15 is 0 Å². The summed E-state index contributed by atoms with van der Waals surface area (Å²) in [6, 6.07) is 4.68. The zero-order valence-electron chi connectivity index (χ0n) is 11.7. The molecule has 0 amide bonds. The van der Waals surface area contributed by atoms with Gasteiger partial charge < -0.3 is 9.84 Å². The lowest BCUT2D eigenvalue weighted by atomic mass is 9.74. The number of benzene rings is 1. The molecule has 19 heavy (non-hydrogen) atoms. The van der Waals surface area contributed by atoms with Gasteiger partial charge in [-0.25, -0.2) is 4.39 Å². The van der Waals surface area contributed by atoms with Gasteiger partial charge in [-0.3, -0.25) is 4.79 Å². The Morgan fingerprint density at radius 3 is 2.37 bits per heavy atom. The van der Waals surface area contributed by atoms with Gasteiger partial charge in [-0.15, -0.1) is 0 Å². The summed E-state index contributed by atoms with van der Waals surface area (Å²) in [6.07, 6.45) is 0.787. The molecule has 0 spiro atoms. The molecule has 0 aliphatic carbocycles. The van der Waals surface area contributed by atoms with E-state index in [2.05, 4.69) is 0 Å². The Balaban J connectivity index is 0.000000861. The Morgan fingerprint density at radius 2 is 1.89 bits per heavy atom. The molecule has 0 radical (unpaired) electrons. The molecular weight excluding hydrogens is 247 g/mol. The highest BCUT2D eigenvalue weighted by Gasteiger charge is 2.42. The third kappa shape index (κ3) is 3.13. The van der Waals surface area contributed by atoms with Crippen molar-refractivity contribution in [2.24, 2.45) is 0 Å². The fourth-order valence-corrected chi connectivity index (χ4v) is 2.24. The second kappa shape index (κ2) is 6.66. The molecule has 1 aliphatic rings. The second-order valence-electron chi connectivity index (χ2n) is 4.46. The van der Waals surface area contributed by atoms with Gasteiger partial charge in [-0.2, -0.15) is 0 Å². The summed E-state index contributed by atoms with van der Waals surface area (Å²) in [5, 5.41) is 9.42. The molecule has 3 nitrogen and oxygen atoms in total. The van der Waals surface area contributed by atoms with Gasteiger partial charge in [0.05, 0.1) is 5.41 Å². The van der Waals surface area contributed by atoms with E-state index in [9.17, 15) is 14.3 Å². The van der Waals surface area contributed by atoms with Gasteiger partial charge in [-0.1, -0.05) is 26.0 Å². The van der Waals surface area contributed by atoms with E-state index in [1.54, 1.807) is 19.1 Å². The first kappa shape index (κ1) is 15.6. The lowest BCUT2D eigenvalue weighted by Gasteiger charge is -2.33. The fraction of sp³-hybridized carbons (Fsp3) is 0.533. The van der Waals surface area contributed by atoms with Crippen molar-refractivity contribution in [2.45, 2.75) is 39.0 Å². The third-order valence-corrected chi connectivity index (χ3v) is 3.48.